The number of carbonyl (C=O) groups excluding carboxylic acids is 1. The van der Waals surface area contributed by atoms with Gasteiger partial charge in [-0.3, -0.25) is 4.79 Å². The molecule has 0 bridgehead atoms. The van der Waals surface area contributed by atoms with Crippen molar-refractivity contribution in [3.63, 3.8) is 0 Å². The Morgan fingerprint density at radius 1 is 1.29 bits per heavy atom. The number of nitrogens with one attached hydrogen (secondary N) is 1. The number of hydrogen-bond acceptors (Lipinski definition) is 6. The maximum Gasteiger partial charge on any atom is 0.274 e. The molecule has 8 heteroatoms. The minimum Gasteiger partial charge on any atom is -0.352 e. The SMILES string of the molecule is Cc1nc(C(=O)N2CCCC2CNc2ncc(Br)cn2)c(-c2ccccc2)s1. The van der Waals surface area contributed by atoms with Crippen LogP contribution in [0.4, 0.5) is 5.95 Å². The average molecular weight is 458 g/mol. The van der Waals surface area contributed by atoms with E-state index in [1.165, 1.54) is 0 Å². The van der Waals surface area contributed by atoms with Crippen molar-refractivity contribution < 1.29 is 4.79 Å². The van der Waals surface area contributed by atoms with Gasteiger partial charge in [-0.1, -0.05) is 30.3 Å². The lowest BCUT2D eigenvalue weighted by Crippen LogP contribution is -2.40. The van der Waals surface area contributed by atoms with Crippen molar-refractivity contribution in [2.45, 2.75) is 25.8 Å². The predicted molar refractivity (Wildman–Crippen MR) is 115 cm³/mol. The van der Waals surface area contributed by atoms with E-state index in [0.717, 1.165) is 39.3 Å². The fraction of sp³-hybridized carbons (Fsp3) is 0.300. The van der Waals surface area contributed by atoms with Crippen LogP contribution in [0.5, 0.6) is 0 Å². The lowest BCUT2D eigenvalue weighted by atomic mass is 10.1. The van der Waals surface area contributed by atoms with Crippen LogP contribution in [0.2, 0.25) is 0 Å². The molecule has 3 aromatic rings. The summed E-state index contributed by atoms with van der Waals surface area (Å²) in [4.78, 5) is 29.3. The highest BCUT2D eigenvalue weighted by Gasteiger charge is 2.32. The van der Waals surface area contributed by atoms with E-state index in [0.29, 0.717) is 18.2 Å². The van der Waals surface area contributed by atoms with Gasteiger partial charge in [-0.15, -0.1) is 11.3 Å². The van der Waals surface area contributed by atoms with Gasteiger partial charge in [0.1, 0.15) is 5.69 Å². The van der Waals surface area contributed by atoms with E-state index >= 15 is 0 Å². The second-order valence-electron chi connectivity index (χ2n) is 6.68. The summed E-state index contributed by atoms with van der Waals surface area (Å²) in [5.41, 5.74) is 1.59. The van der Waals surface area contributed by atoms with Crippen molar-refractivity contribution in [3.8, 4) is 10.4 Å². The quantitative estimate of drug-likeness (QED) is 0.614. The van der Waals surface area contributed by atoms with E-state index in [4.69, 9.17) is 0 Å². The summed E-state index contributed by atoms with van der Waals surface area (Å²) in [5.74, 6) is 0.571. The van der Waals surface area contributed by atoms with Gasteiger partial charge in [-0.2, -0.15) is 0 Å². The summed E-state index contributed by atoms with van der Waals surface area (Å²) in [7, 11) is 0. The molecule has 0 radical (unpaired) electrons. The molecule has 1 N–H and O–H groups in total. The summed E-state index contributed by atoms with van der Waals surface area (Å²) >= 11 is 4.90. The van der Waals surface area contributed by atoms with Crippen LogP contribution in [0.3, 0.4) is 0 Å². The Morgan fingerprint density at radius 3 is 2.79 bits per heavy atom. The molecule has 1 unspecified atom stereocenters. The van der Waals surface area contributed by atoms with Crippen molar-refractivity contribution in [1.29, 1.82) is 0 Å². The van der Waals surface area contributed by atoms with E-state index in [9.17, 15) is 4.79 Å². The number of nitrogens with zero attached hydrogens (tertiary/aromatic N) is 4. The first-order chi connectivity index (χ1) is 13.6. The van der Waals surface area contributed by atoms with E-state index in [1.807, 2.05) is 42.2 Å². The average Bonchev–Trinajstić information content (AvgIpc) is 3.34. The summed E-state index contributed by atoms with van der Waals surface area (Å²) in [6, 6.07) is 10.1. The number of likely N-dealkylation sites (tertiary alicyclic amines) is 1. The molecule has 1 fully saturated rings. The number of thiazole rings is 1. The molecule has 1 aliphatic heterocycles. The highest BCUT2D eigenvalue weighted by molar-refractivity contribution is 9.10. The third-order valence-electron chi connectivity index (χ3n) is 4.73. The lowest BCUT2D eigenvalue weighted by Gasteiger charge is -2.24. The van der Waals surface area contributed by atoms with E-state index < -0.39 is 0 Å². The number of aryl methyl sites for hydroxylation is 1. The molecular formula is C20H20BrN5OS. The molecule has 6 nitrogen and oxygen atoms in total. The fourth-order valence-electron chi connectivity index (χ4n) is 3.42. The number of aromatic nitrogens is 3. The largest absolute Gasteiger partial charge is 0.352 e. The Balaban J connectivity index is 1.52. The second kappa shape index (κ2) is 8.36. The maximum absolute atomic E-state index is 13.3. The molecule has 0 spiro atoms. The Morgan fingerprint density at radius 2 is 2.04 bits per heavy atom. The molecule has 2 aromatic heterocycles. The summed E-state index contributed by atoms with van der Waals surface area (Å²) in [6.45, 7) is 3.32. The number of benzene rings is 1. The number of rotatable bonds is 5. The Labute approximate surface area is 176 Å². The van der Waals surface area contributed by atoms with Crippen LogP contribution in [-0.2, 0) is 0 Å². The van der Waals surface area contributed by atoms with Crippen LogP contribution in [0.1, 0.15) is 28.3 Å². The molecule has 1 amide bonds. The maximum atomic E-state index is 13.3. The zero-order valence-corrected chi connectivity index (χ0v) is 17.8. The van der Waals surface area contributed by atoms with Crippen molar-refractivity contribution in [2.75, 3.05) is 18.4 Å². The number of amides is 1. The normalized spacial score (nSPS) is 16.4. The molecule has 0 saturated carbocycles. The number of carbonyl (C=O) groups is 1. The van der Waals surface area contributed by atoms with Crippen LogP contribution < -0.4 is 5.32 Å². The highest BCUT2D eigenvalue weighted by atomic mass is 79.9. The number of anilines is 1. The van der Waals surface area contributed by atoms with E-state index in [-0.39, 0.29) is 11.9 Å². The second-order valence-corrected chi connectivity index (χ2v) is 8.80. The molecule has 144 valence electrons. The molecule has 1 aromatic carbocycles. The summed E-state index contributed by atoms with van der Waals surface area (Å²) in [6.07, 6.45) is 5.36. The molecule has 4 rings (SSSR count). The number of hydrogen-bond donors (Lipinski definition) is 1. The topological polar surface area (TPSA) is 71.0 Å². The zero-order chi connectivity index (χ0) is 19.5. The van der Waals surface area contributed by atoms with Gasteiger partial charge in [0.25, 0.3) is 5.91 Å². The first-order valence-corrected chi connectivity index (χ1v) is 10.8. The van der Waals surface area contributed by atoms with Crippen LogP contribution >= 0.6 is 27.3 Å². The van der Waals surface area contributed by atoms with Crippen molar-refractivity contribution in [2.24, 2.45) is 0 Å². The molecule has 1 atom stereocenters. The van der Waals surface area contributed by atoms with Crippen LogP contribution in [-0.4, -0.2) is 44.9 Å². The van der Waals surface area contributed by atoms with Gasteiger partial charge >= 0.3 is 0 Å². The lowest BCUT2D eigenvalue weighted by molar-refractivity contribution is 0.0739. The first-order valence-electron chi connectivity index (χ1n) is 9.17. The predicted octanol–water partition coefficient (Wildman–Crippen LogP) is 4.39. The fourth-order valence-corrected chi connectivity index (χ4v) is 4.54. The van der Waals surface area contributed by atoms with Crippen molar-refractivity contribution in [3.05, 3.63) is 57.9 Å². The van der Waals surface area contributed by atoms with Gasteiger partial charge in [-0.05, 0) is 41.3 Å². The van der Waals surface area contributed by atoms with Gasteiger partial charge in [0.05, 0.1) is 14.4 Å². The monoisotopic (exact) mass is 457 g/mol. The minimum absolute atomic E-state index is 0.00391. The molecule has 0 aliphatic carbocycles. The molecular weight excluding hydrogens is 438 g/mol. The van der Waals surface area contributed by atoms with Crippen molar-refractivity contribution >= 4 is 39.1 Å². The van der Waals surface area contributed by atoms with Crippen LogP contribution in [0.25, 0.3) is 10.4 Å². The smallest absolute Gasteiger partial charge is 0.274 e. The summed E-state index contributed by atoms with van der Waals surface area (Å²) < 4.78 is 0.836. The van der Waals surface area contributed by atoms with Gasteiger partial charge in [0.2, 0.25) is 5.95 Å². The molecule has 1 aliphatic rings. The van der Waals surface area contributed by atoms with Gasteiger partial charge in [0.15, 0.2) is 0 Å². The number of halogens is 1. The molecule has 3 heterocycles. The van der Waals surface area contributed by atoms with E-state index in [1.54, 1.807) is 23.7 Å². The van der Waals surface area contributed by atoms with Gasteiger partial charge < -0.3 is 10.2 Å². The Hall–Kier alpha value is -2.32. The Bertz CT molecular complexity index is 960. The minimum atomic E-state index is 0.00391. The van der Waals surface area contributed by atoms with Crippen molar-refractivity contribution in [1.82, 2.24) is 19.9 Å². The third kappa shape index (κ3) is 4.07. The zero-order valence-electron chi connectivity index (χ0n) is 15.4. The van der Waals surface area contributed by atoms with Crippen LogP contribution in [0.15, 0.2) is 47.2 Å². The van der Waals surface area contributed by atoms with Gasteiger partial charge in [-0.25, -0.2) is 15.0 Å². The Kier molecular flexibility index (Phi) is 5.68. The molecule has 28 heavy (non-hydrogen) atoms. The molecule has 1 saturated heterocycles. The standard InChI is InChI=1S/C20H20BrN5OS/c1-13-25-17(18(28-13)14-6-3-2-4-7-14)19(27)26-9-5-8-16(26)12-24-20-22-10-15(21)11-23-20/h2-4,6-7,10-11,16H,5,8-9,12H2,1H3,(H,22,23,24). The van der Waals surface area contributed by atoms with E-state index in [2.05, 4.69) is 36.2 Å². The third-order valence-corrected chi connectivity index (χ3v) is 6.16. The first kappa shape index (κ1) is 19.0. The summed E-state index contributed by atoms with van der Waals surface area (Å²) in [5, 5.41) is 4.15. The highest BCUT2D eigenvalue weighted by Crippen LogP contribution is 2.32. The van der Waals surface area contributed by atoms with Gasteiger partial charge in [0, 0.05) is 31.5 Å². The van der Waals surface area contributed by atoms with Crippen LogP contribution in [0, 0.1) is 6.92 Å².